The molecule has 1 saturated heterocycles. The number of primary amides is 1. The lowest BCUT2D eigenvalue weighted by Gasteiger charge is -2.29. The van der Waals surface area contributed by atoms with Crippen molar-refractivity contribution < 1.29 is 31.9 Å². The zero-order valence-electron chi connectivity index (χ0n) is 13.1. The molecule has 0 bridgehead atoms. The Kier molecular flexibility index (Phi) is 4.97. The summed E-state index contributed by atoms with van der Waals surface area (Å²) >= 11 is 0. The molecule has 0 aromatic carbocycles. The summed E-state index contributed by atoms with van der Waals surface area (Å²) in [5.74, 6) is -0.897. The van der Waals surface area contributed by atoms with Crippen LogP contribution >= 0.6 is 0 Å². The Labute approximate surface area is 141 Å². The van der Waals surface area contributed by atoms with Gasteiger partial charge in [-0.2, -0.15) is 13.2 Å². The van der Waals surface area contributed by atoms with Crippen LogP contribution in [-0.2, 0) is 14.4 Å². The number of carbonyl (C=O) groups is 3. The Balaban J connectivity index is 2.14. The van der Waals surface area contributed by atoms with Gasteiger partial charge in [-0.05, 0) is 12.8 Å². The lowest BCUT2D eigenvalue weighted by atomic mass is 10.0. The number of carbonyl (C=O) groups excluding carboxylic acids is 3. The van der Waals surface area contributed by atoms with E-state index in [0.29, 0.717) is 4.90 Å². The lowest BCUT2D eigenvalue weighted by molar-refractivity contribution is -0.199. The third-order valence-corrected chi connectivity index (χ3v) is 4.44. The molecule has 2 rings (SSSR count). The van der Waals surface area contributed by atoms with Gasteiger partial charge in [0.15, 0.2) is 0 Å². The molecule has 10 heteroatoms. The van der Waals surface area contributed by atoms with Crippen LogP contribution in [0.3, 0.4) is 0 Å². The second kappa shape index (κ2) is 6.54. The van der Waals surface area contributed by atoms with Crippen molar-refractivity contribution in [2.75, 3.05) is 6.54 Å². The van der Waals surface area contributed by atoms with Crippen molar-refractivity contribution in [2.24, 2.45) is 11.1 Å². The maximum absolute atomic E-state index is 13.7. The SMILES string of the molecule is C#CC(CC(N)=O)NC(=O)[C@@H]1C[C@@H](F)CN1C(=O)C1(C(F)(F)F)CC1. The van der Waals surface area contributed by atoms with Crippen molar-refractivity contribution in [2.45, 2.75) is 50.1 Å². The Bertz CT molecular complexity index is 624. The van der Waals surface area contributed by atoms with Crippen molar-refractivity contribution in [3.05, 3.63) is 0 Å². The average Bonchev–Trinajstić information content (AvgIpc) is 3.22. The van der Waals surface area contributed by atoms with E-state index in [-0.39, 0.29) is 19.3 Å². The Morgan fingerprint density at radius 2 is 1.96 bits per heavy atom. The Morgan fingerprint density at radius 3 is 2.40 bits per heavy atom. The number of amides is 3. The Morgan fingerprint density at radius 1 is 1.36 bits per heavy atom. The molecular weight excluding hydrogens is 346 g/mol. The van der Waals surface area contributed by atoms with Crippen LogP contribution in [0.2, 0.25) is 0 Å². The molecule has 1 aliphatic carbocycles. The molecule has 25 heavy (non-hydrogen) atoms. The number of halogens is 4. The second-order valence-electron chi connectivity index (χ2n) is 6.28. The predicted octanol–water partition coefficient (Wildman–Crippen LogP) is 0.261. The van der Waals surface area contributed by atoms with Crippen LogP contribution < -0.4 is 11.1 Å². The zero-order valence-corrected chi connectivity index (χ0v) is 13.1. The van der Waals surface area contributed by atoms with Crippen LogP contribution in [-0.4, -0.2) is 53.6 Å². The fourth-order valence-corrected chi connectivity index (χ4v) is 2.90. The number of nitrogens with zero attached hydrogens (tertiary/aromatic N) is 1. The van der Waals surface area contributed by atoms with Crippen LogP contribution in [0.4, 0.5) is 17.6 Å². The van der Waals surface area contributed by atoms with Crippen molar-refractivity contribution in [1.29, 1.82) is 0 Å². The Hall–Kier alpha value is -2.31. The van der Waals surface area contributed by atoms with Gasteiger partial charge in [0.05, 0.1) is 19.0 Å². The van der Waals surface area contributed by atoms with E-state index in [1.807, 2.05) is 0 Å². The molecule has 1 unspecified atom stereocenters. The number of nitrogens with two attached hydrogens (primary N) is 1. The molecule has 1 aliphatic heterocycles. The number of nitrogens with one attached hydrogen (secondary N) is 1. The standard InChI is InChI=1S/C15H17F4N3O3/c1-2-9(6-11(20)23)21-12(24)10-5-8(16)7-22(10)13(25)14(3-4-14)15(17,18)19/h1,8-10H,3-7H2,(H2,20,23)(H,21,24)/t8-,9?,10+/m1/s1. The molecule has 1 saturated carbocycles. The van der Waals surface area contributed by atoms with E-state index in [2.05, 4.69) is 11.2 Å². The number of hydrogen-bond donors (Lipinski definition) is 2. The van der Waals surface area contributed by atoms with Gasteiger partial charge in [0.2, 0.25) is 17.7 Å². The van der Waals surface area contributed by atoms with E-state index >= 15 is 0 Å². The summed E-state index contributed by atoms with van der Waals surface area (Å²) < 4.78 is 53.1. The number of hydrogen-bond acceptors (Lipinski definition) is 3. The molecule has 1 heterocycles. The molecule has 3 atom stereocenters. The summed E-state index contributed by atoms with van der Waals surface area (Å²) in [5, 5.41) is 2.24. The van der Waals surface area contributed by atoms with Crippen molar-refractivity contribution in [3.8, 4) is 12.3 Å². The van der Waals surface area contributed by atoms with Crippen LogP contribution in [0.5, 0.6) is 0 Å². The molecule has 0 radical (unpaired) electrons. The summed E-state index contributed by atoms with van der Waals surface area (Å²) in [6.07, 6.45) is -2.81. The van der Waals surface area contributed by atoms with Crippen LogP contribution in [0.15, 0.2) is 0 Å². The highest BCUT2D eigenvalue weighted by atomic mass is 19.4. The van der Waals surface area contributed by atoms with Gasteiger partial charge in [-0.25, -0.2) is 4.39 Å². The van der Waals surface area contributed by atoms with Crippen molar-refractivity contribution >= 4 is 17.7 Å². The summed E-state index contributed by atoms with van der Waals surface area (Å²) in [6.45, 7) is -0.592. The topological polar surface area (TPSA) is 92.5 Å². The van der Waals surface area contributed by atoms with Gasteiger partial charge in [-0.15, -0.1) is 6.42 Å². The third-order valence-electron chi connectivity index (χ3n) is 4.44. The fraction of sp³-hybridized carbons (Fsp3) is 0.667. The van der Waals surface area contributed by atoms with E-state index in [0.717, 1.165) is 0 Å². The van der Waals surface area contributed by atoms with Crippen molar-refractivity contribution in [1.82, 2.24) is 10.2 Å². The number of rotatable bonds is 5. The van der Waals surface area contributed by atoms with Crippen LogP contribution in [0, 0.1) is 17.8 Å². The highest BCUT2D eigenvalue weighted by Crippen LogP contribution is 2.59. The van der Waals surface area contributed by atoms with E-state index in [4.69, 9.17) is 12.2 Å². The summed E-state index contributed by atoms with van der Waals surface area (Å²) in [6, 6.07) is -2.50. The monoisotopic (exact) mass is 363 g/mol. The van der Waals surface area contributed by atoms with E-state index < -0.39 is 60.5 Å². The minimum Gasteiger partial charge on any atom is -0.370 e. The van der Waals surface area contributed by atoms with Gasteiger partial charge < -0.3 is 16.0 Å². The van der Waals surface area contributed by atoms with Crippen molar-refractivity contribution in [3.63, 3.8) is 0 Å². The summed E-state index contributed by atoms with van der Waals surface area (Å²) in [7, 11) is 0. The van der Waals surface area contributed by atoms with Gasteiger partial charge >= 0.3 is 6.18 Å². The first-order valence-corrected chi connectivity index (χ1v) is 7.58. The number of terminal acetylenes is 1. The molecule has 0 aromatic rings. The fourth-order valence-electron chi connectivity index (χ4n) is 2.90. The summed E-state index contributed by atoms with van der Waals surface area (Å²) in [5.41, 5.74) is 2.44. The zero-order chi connectivity index (χ0) is 19.0. The van der Waals surface area contributed by atoms with Crippen LogP contribution in [0.25, 0.3) is 0 Å². The van der Waals surface area contributed by atoms with E-state index in [9.17, 15) is 31.9 Å². The largest absolute Gasteiger partial charge is 0.403 e. The second-order valence-corrected chi connectivity index (χ2v) is 6.28. The van der Waals surface area contributed by atoms with Gasteiger partial charge in [0, 0.05) is 6.42 Å². The molecular formula is C15H17F4N3O3. The molecule has 138 valence electrons. The number of alkyl halides is 4. The molecule has 2 aliphatic rings. The molecule has 3 amide bonds. The predicted molar refractivity (Wildman–Crippen MR) is 77.3 cm³/mol. The molecule has 2 fully saturated rings. The highest BCUT2D eigenvalue weighted by molar-refractivity contribution is 5.93. The maximum atomic E-state index is 13.7. The van der Waals surface area contributed by atoms with Gasteiger partial charge in [0.25, 0.3) is 0 Å². The normalized spacial score (nSPS) is 25.8. The smallest absolute Gasteiger partial charge is 0.370 e. The maximum Gasteiger partial charge on any atom is 0.403 e. The lowest BCUT2D eigenvalue weighted by Crippen LogP contribution is -2.52. The van der Waals surface area contributed by atoms with Crippen LogP contribution in [0.1, 0.15) is 25.7 Å². The molecule has 3 N–H and O–H groups in total. The highest BCUT2D eigenvalue weighted by Gasteiger charge is 2.70. The summed E-state index contributed by atoms with van der Waals surface area (Å²) in [4.78, 5) is 36.1. The van der Waals surface area contributed by atoms with Gasteiger partial charge in [0.1, 0.15) is 17.6 Å². The van der Waals surface area contributed by atoms with E-state index in [1.54, 1.807) is 0 Å². The first-order chi connectivity index (χ1) is 11.5. The molecule has 0 aromatic heterocycles. The van der Waals surface area contributed by atoms with Gasteiger partial charge in [-0.3, -0.25) is 14.4 Å². The van der Waals surface area contributed by atoms with Gasteiger partial charge in [-0.1, -0.05) is 5.92 Å². The molecule has 6 nitrogen and oxygen atoms in total. The minimum atomic E-state index is -4.76. The minimum absolute atomic E-state index is 0.381. The first kappa shape index (κ1) is 19.0. The number of likely N-dealkylation sites (tertiary alicyclic amines) is 1. The molecule has 0 spiro atoms. The average molecular weight is 363 g/mol. The third kappa shape index (κ3) is 3.70. The first-order valence-electron chi connectivity index (χ1n) is 7.58. The van der Waals surface area contributed by atoms with E-state index in [1.165, 1.54) is 0 Å². The quantitative estimate of drug-likeness (QED) is 0.542.